The third kappa shape index (κ3) is 5.38. The maximum atomic E-state index is 14.5. The standard InChI is InChI=1S/C31H35ClF2N6O2/c1-19(2)40-12-9-22(40)18-42-31-35-25-17-39(26-6-4-5-21-7-8-24(34)28(32)27(21)26)11-10-23(25)29(36-31)37-13-15-38(16-14-37)30(41)20(3)33/h4-8,19,22H,3,9-18H2,1-2H3. The third-order valence-corrected chi connectivity index (χ3v) is 9.00. The summed E-state index contributed by atoms with van der Waals surface area (Å²) in [5.41, 5.74) is 2.72. The van der Waals surface area contributed by atoms with Crippen LogP contribution < -0.4 is 14.5 Å². The van der Waals surface area contributed by atoms with Crippen LogP contribution in [-0.2, 0) is 17.8 Å². The molecule has 0 N–H and O–H groups in total. The Morgan fingerprint density at radius 2 is 1.88 bits per heavy atom. The Morgan fingerprint density at radius 3 is 2.57 bits per heavy atom. The molecule has 222 valence electrons. The molecule has 0 saturated carbocycles. The van der Waals surface area contributed by atoms with Crippen LogP contribution in [0.1, 0.15) is 31.5 Å². The molecule has 0 radical (unpaired) electrons. The van der Waals surface area contributed by atoms with Crippen molar-refractivity contribution < 1.29 is 18.3 Å². The Kier molecular flexibility index (Phi) is 7.93. The molecule has 8 nitrogen and oxygen atoms in total. The second-order valence-electron chi connectivity index (χ2n) is 11.4. The lowest BCUT2D eigenvalue weighted by Gasteiger charge is -2.43. The van der Waals surface area contributed by atoms with Crippen LogP contribution in [-0.4, -0.2) is 83.6 Å². The number of nitrogens with zero attached hydrogens (tertiary/aromatic N) is 6. The summed E-state index contributed by atoms with van der Waals surface area (Å²) in [7, 11) is 0. The normalized spacial score (nSPS) is 19.2. The van der Waals surface area contributed by atoms with Crippen LogP contribution in [0.5, 0.6) is 6.01 Å². The van der Waals surface area contributed by atoms with Gasteiger partial charge >= 0.3 is 6.01 Å². The van der Waals surface area contributed by atoms with Crippen LogP contribution in [0.25, 0.3) is 10.8 Å². The monoisotopic (exact) mass is 596 g/mol. The number of fused-ring (bicyclic) bond motifs is 2. The lowest BCUT2D eigenvalue weighted by atomic mass is 10.0. The molecule has 1 unspecified atom stereocenters. The molecule has 11 heteroatoms. The highest BCUT2D eigenvalue weighted by atomic mass is 35.5. The molecule has 1 atom stereocenters. The van der Waals surface area contributed by atoms with Crippen molar-refractivity contribution in [2.45, 2.75) is 45.3 Å². The van der Waals surface area contributed by atoms with E-state index in [9.17, 15) is 13.6 Å². The summed E-state index contributed by atoms with van der Waals surface area (Å²) in [5, 5.41) is 1.66. The van der Waals surface area contributed by atoms with Gasteiger partial charge in [0.1, 0.15) is 18.2 Å². The fourth-order valence-corrected chi connectivity index (χ4v) is 6.53. The van der Waals surface area contributed by atoms with Crippen molar-refractivity contribution >= 4 is 39.8 Å². The first-order chi connectivity index (χ1) is 20.2. The van der Waals surface area contributed by atoms with Gasteiger partial charge in [0.2, 0.25) is 0 Å². The third-order valence-electron chi connectivity index (χ3n) is 8.63. The molecule has 0 bridgehead atoms. The van der Waals surface area contributed by atoms with Gasteiger partial charge in [-0.15, -0.1) is 0 Å². The molecule has 3 aromatic rings. The minimum absolute atomic E-state index is 0.111. The van der Waals surface area contributed by atoms with Gasteiger partial charge in [-0.05, 0) is 44.2 Å². The van der Waals surface area contributed by atoms with Gasteiger partial charge in [-0.3, -0.25) is 9.69 Å². The lowest BCUT2D eigenvalue weighted by Crippen LogP contribution is -2.54. The lowest BCUT2D eigenvalue weighted by molar-refractivity contribution is -0.128. The van der Waals surface area contributed by atoms with E-state index < -0.39 is 17.6 Å². The molecular weight excluding hydrogens is 562 g/mol. The summed E-state index contributed by atoms with van der Waals surface area (Å²) in [4.78, 5) is 30.1. The van der Waals surface area contributed by atoms with Gasteiger partial charge in [0, 0.05) is 68.0 Å². The topological polar surface area (TPSA) is 65.0 Å². The number of hydrogen-bond donors (Lipinski definition) is 0. The van der Waals surface area contributed by atoms with Crippen LogP contribution >= 0.6 is 11.6 Å². The summed E-state index contributed by atoms with van der Waals surface area (Å²) >= 11 is 6.47. The number of ether oxygens (including phenoxy) is 1. The van der Waals surface area contributed by atoms with E-state index in [-0.39, 0.29) is 5.02 Å². The van der Waals surface area contributed by atoms with Crippen molar-refractivity contribution in [2.75, 3.05) is 55.7 Å². The van der Waals surface area contributed by atoms with Crippen molar-refractivity contribution in [3.05, 3.63) is 64.8 Å². The Labute approximate surface area is 249 Å². The second-order valence-corrected chi connectivity index (χ2v) is 11.8. The molecule has 2 aromatic carbocycles. The van der Waals surface area contributed by atoms with Gasteiger partial charge in [0.05, 0.1) is 17.3 Å². The zero-order chi connectivity index (χ0) is 29.5. The Morgan fingerprint density at radius 1 is 1.10 bits per heavy atom. The molecule has 3 aliphatic heterocycles. The molecule has 6 rings (SSSR count). The molecule has 1 aromatic heterocycles. The van der Waals surface area contributed by atoms with Crippen LogP contribution in [0, 0.1) is 5.82 Å². The Hall–Kier alpha value is -3.50. The molecule has 0 spiro atoms. The van der Waals surface area contributed by atoms with Crippen molar-refractivity contribution in [2.24, 2.45) is 0 Å². The van der Waals surface area contributed by atoms with E-state index in [1.54, 1.807) is 6.07 Å². The number of carbonyl (C=O) groups excluding carboxylic acids is 1. The largest absolute Gasteiger partial charge is 0.462 e. The zero-order valence-corrected chi connectivity index (χ0v) is 24.7. The smallest absolute Gasteiger partial charge is 0.318 e. The molecule has 0 aliphatic carbocycles. The van der Waals surface area contributed by atoms with E-state index in [0.717, 1.165) is 41.1 Å². The maximum Gasteiger partial charge on any atom is 0.318 e. The van der Waals surface area contributed by atoms with Gasteiger partial charge in [-0.25, -0.2) is 8.78 Å². The fraction of sp³-hybridized carbons (Fsp3) is 0.452. The Balaban J connectivity index is 1.30. The van der Waals surface area contributed by atoms with Crippen molar-refractivity contribution in [1.29, 1.82) is 0 Å². The van der Waals surface area contributed by atoms with Crippen LogP contribution in [0.15, 0.2) is 42.7 Å². The molecule has 4 heterocycles. The van der Waals surface area contributed by atoms with Gasteiger partial charge in [0.15, 0.2) is 5.83 Å². The minimum Gasteiger partial charge on any atom is -0.462 e. The van der Waals surface area contributed by atoms with E-state index in [1.165, 1.54) is 11.0 Å². The first-order valence-corrected chi connectivity index (χ1v) is 14.9. The van der Waals surface area contributed by atoms with Gasteiger partial charge in [0.25, 0.3) is 5.91 Å². The number of likely N-dealkylation sites (tertiary alicyclic amines) is 1. The molecule has 2 fully saturated rings. The van der Waals surface area contributed by atoms with Gasteiger partial charge in [-0.1, -0.05) is 36.4 Å². The summed E-state index contributed by atoms with van der Waals surface area (Å²) in [6.07, 6.45) is 1.73. The summed E-state index contributed by atoms with van der Waals surface area (Å²) in [5.74, 6) is -1.27. The average molecular weight is 597 g/mol. The second kappa shape index (κ2) is 11.6. The number of anilines is 2. The number of rotatable bonds is 7. The number of benzene rings is 2. The fourth-order valence-electron chi connectivity index (χ4n) is 6.26. The minimum atomic E-state index is -0.946. The van der Waals surface area contributed by atoms with E-state index in [4.69, 9.17) is 26.3 Å². The summed E-state index contributed by atoms with van der Waals surface area (Å²) in [6, 6.07) is 10.1. The number of halogens is 3. The molecule has 1 amide bonds. The molecule has 3 aliphatic rings. The number of amides is 1. The average Bonchev–Trinajstić information content (AvgIpc) is 2.97. The van der Waals surface area contributed by atoms with Gasteiger partial charge < -0.3 is 19.4 Å². The SMILES string of the molecule is C=C(F)C(=O)N1CCN(c2nc(OCC3CCN3C(C)C)nc3c2CCN(c2cccc4ccc(F)c(Cl)c24)C3)CC1. The van der Waals surface area contributed by atoms with Crippen LogP contribution in [0.4, 0.5) is 20.3 Å². The predicted molar refractivity (Wildman–Crippen MR) is 160 cm³/mol. The van der Waals surface area contributed by atoms with Crippen molar-refractivity contribution in [3.8, 4) is 6.01 Å². The first kappa shape index (κ1) is 28.6. The first-order valence-electron chi connectivity index (χ1n) is 14.5. The number of hydrogen-bond acceptors (Lipinski definition) is 7. The van der Waals surface area contributed by atoms with Gasteiger partial charge in [-0.2, -0.15) is 9.97 Å². The maximum absolute atomic E-state index is 14.5. The number of piperazine rings is 1. The van der Waals surface area contributed by atoms with E-state index in [0.29, 0.717) is 75.8 Å². The summed E-state index contributed by atoms with van der Waals surface area (Å²) in [6.45, 7) is 12.0. The predicted octanol–water partition coefficient (Wildman–Crippen LogP) is 4.98. The summed E-state index contributed by atoms with van der Waals surface area (Å²) < 4.78 is 34.2. The van der Waals surface area contributed by atoms with E-state index >= 15 is 0 Å². The van der Waals surface area contributed by atoms with E-state index in [2.05, 4.69) is 35.1 Å². The van der Waals surface area contributed by atoms with Crippen molar-refractivity contribution in [3.63, 3.8) is 0 Å². The number of carbonyl (C=O) groups is 1. The number of aromatic nitrogens is 2. The highest BCUT2D eigenvalue weighted by molar-refractivity contribution is 6.36. The highest BCUT2D eigenvalue weighted by Crippen LogP contribution is 2.38. The van der Waals surface area contributed by atoms with Crippen LogP contribution in [0.2, 0.25) is 5.02 Å². The highest BCUT2D eigenvalue weighted by Gasteiger charge is 2.33. The Bertz CT molecular complexity index is 1530. The zero-order valence-electron chi connectivity index (χ0n) is 24.0. The molecule has 42 heavy (non-hydrogen) atoms. The molecule has 2 saturated heterocycles. The van der Waals surface area contributed by atoms with E-state index in [1.807, 2.05) is 18.2 Å². The van der Waals surface area contributed by atoms with Crippen LogP contribution in [0.3, 0.4) is 0 Å². The van der Waals surface area contributed by atoms with Crippen molar-refractivity contribution in [1.82, 2.24) is 19.8 Å². The quantitative estimate of drug-likeness (QED) is 0.357. The molecular formula is C31H35ClF2N6O2.